The lowest BCUT2D eigenvalue weighted by Crippen LogP contribution is -2.36. The number of morpholine rings is 1. The quantitative estimate of drug-likeness (QED) is 0.257. The summed E-state index contributed by atoms with van der Waals surface area (Å²) in [6, 6.07) is 26.5. The second-order valence-corrected chi connectivity index (χ2v) is 12.7. The lowest BCUT2D eigenvalue weighted by molar-refractivity contribution is 0.122. The molecular formula is C34H30N4O4S. The fourth-order valence-electron chi connectivity index (χ4n) is 5.64. The minimum absolute atomic E-state index is 0.173. The molecule has 1 fully saturated rings. The van der Waals surface area contributed by atoms with Crippen LogP contribution < -0.4 is 10.5 Å². The standard InChI is InChI=1S/C34H30N4O4S/c1-24-6-10-30(11-7-24)43(40,41)38-23-32(31-20-29(21-35-34(31)38)36-14-16-42-17-15-36)28-12-13-37(33(39)19-28)22-25-8-9-26-4-2-3-5-27(26)18-25/h2-13,18-21,23H,14-17,22H2,1H3. The summed E-state index contributed by atoms with van der Waals surface area (Å²) < 4.78 is 36.1. The van der Waals surface area contributed by atoms with E-state index in [0.717, 1.165) is 40.7 Å². The lowest BCUT2D eigenvalue weighted by Gasteiger charge is -2.28. The van der Waals surface area contributed by atoms with E-state index in [1.807, 2.05) is 37.3 Å². The summed E-state index contributed by atoms with van der Waals surface area (Å²) >= 11 is 0. The molecule has 1 aliphatic rings. The van der Waals surface area contributed by atoms with Crippen LogP contribution in [-0.2, 0) is 21.3 Å². The molecule has 0 saturated carbocycles. The molecule has 7 rings (SSSR count). The van der Waals surface area contributed by atoms with Gasteiger partial charge in [-0.2, -0.15) is 0 Å². The molecule has 43 heavy (non-hydrogen) atoms. The van der Waals surface area contributed by atoms with Crippen LogP contribution in [0.1, 0.15) is 11.1 Å². The molecule has 0 aliphatic carbocycles. The minimum Gasteiger partial charge on any atom is -0.378 e. The molecule has 8 nitrogen and oxygen atoms in total. The van der Waals surface area contributed by atoms with Gasteiger partial charge in [-0.05, 0) is 59.2 Å². The maximum absolute atomic E-state index is 13.8. The summed E-state index contributed by atoms with van der Waals surface area (Å²) in [7, 11) is -3.95. The monoisotopic (exact) mass is 590 g/mol. The fraction of sp³-hybridized carbons (Fsp3) is 0.176. The highest BCUT2D eigenvalue weighted by molar-refractivity contribution is 7.90. The molecule has 9 heteroatoms. The highest BCUT2D eigenvalue weighted by Crippen LogP contribution is 2.34. The smallest absolute Gasteiger partial charge is 0.269 e. The zero-order chi connectivity index (χ0) is 29.6. The van der Waals surface area contributed by atoms with Crippen LogP contribution in [-0.4, -0.2) is 48.2 Å². The number of hydrogen-bond donors (Lipinski definition) is 0. The molecule has 1 aliphatic heterocycles. The topological polar surface area (TPSA) is 86.4 Å². The van der Waals surface area contributed by atoms with Gasteiger partial charge in [0, 0.05) is 42.5 Å². The third-order valence-electron chi connectivity index (χ3n) is 8.03. The summed E-state index contributed by atoms with van der Waals surface area (Å²) in [5, 5.41) is 2.93. The molecule has 0 atom stereocenters. The van der Waals surface area contributed by atoms with Gasteiger partial charge >= 0.3 is 0 Å². The van der Waals surface area contributed by atoms with Crippen molar-refractivity contribution in [2.24, 2.45) is 0 Å². The van der Waals surface area contributed by atoms with Gasteiger partial charge in [-0.3, -0.25) is 4.79 Å². The Kier molecular flexibility index (Phi) is 6.83. The first-order valence-corrected chi connectivity index (χ1v) is 15.7. The number of aromatic nitrogens is 3. The Bertz CT molecular complexity index is 2140. The van der Waals surface area contributed by atoms with Crippen molar-refractivity contribution < 1.29 is 13.2 Å². The Labute approximate surface area is 249 Å². The number of pyridine rings is 2. The summed E-state index contributed by atoms with van der Waals surface area (Å²) in [5.41, 5.74) is 4.26. The van der Waals surface area contributed by atoms with Gasteiger partial charge in [-0.1, -0.05) is 54.1 Å². The van der Waals surface area contributed by atoms with E-state index in [2.05, 4.69) is 34.1 Å². The largest absolute Gasteiger partial charge is 0.378 e. The number of nitrogens with zero attached hydrogens (tertiary/aromatic N) is 4. The normalized spacial score (nSPS) is 14.0. The molecule has 1 saturated heterocycles. The van der Waals surface area contributed by atoms with E-state index < -0.39 is 10.0 Å². The second kappa shape index (κ2) is 10.8. The first-order chi connectivity index (χ1) is 20.9. The first-order valence-electron chi connectivity index (χ1n) is 14.2. The van der Waals surface area contributed by atoms with Gasteiger partial charge < -0.3 is 14.2 Å². The van der Waals surface area contributed by atoms with Crippen LogP contribution in [0, 0.1) is 6.92 Å². The third kappa shape index (κ3) is 5.11. The molecule has 0 amide bonds. The number of anilines is 1. The van der Waals surface area contributed by atoms with Crippen LogP contribution in [0.2, 0.25) is 0 Å². The maximum atomic E-state index is 13.8. The highest BCUT2D eigenvalue weighted by Gasteiger charge is 2.24. The highest BCUT2D eigenvalue weighted by atomic mass is 32.2. The van der Waals surface area contributed by atoms with Crippen LogP contribution >= 0.6 is 0 Å². The second-order valence-electron chi connectivity index (χ2n) is 10.9. The van der Waals surface area contributed by atoms with E-state index in [4.69, 9.17) is 4.74 Å². The van der Waals surface area contributed by atoms with Gasteiger partial charge in [-0.25, -0.2) is 17.4 Å². The van der Waals surface area contributed by atoms with Crippen molar-refractivity contribution in [2.45, 2.75) is 18.4 Å². The SMILES string of the molecule is Cc1ccc(S(=O)(=O)n2cc(-c3ccn(Cc4ccc5ccccc5c4)c(=O)c3)c3cc(N4CCOCC4)cnc32)cc1. The van der Waals surface area contributed by atoms with Crippen LogP contribution in [0.3, 0.4) is 0 Å². The van der Waals surface area contributed by atoms with Gasteiger partial charge in [0.2, 0.25) is 0 Å². The average Bonchev–Trinajstić information content (AvgIpc) is 3.42. The van der Waals surface area contributed by atoms with Crippen LogP contribution in [0.15, 0.2) is 113 Å². The van der Waals surface area contributed by atoms with E-state index in [0.29, 0.717) is 41.9 Å². The Morgan fingerprint density at radius 2 is 1.65 bits per heavy atom. The molecular weight excluding hydrogens is 560 g/mol. The summed E-state index contributed by atoms with van der Waals surface area (Å²) in [5.74, 6) is 0. The van der Waals surface area contributed by atoms with Crippen molar-refractivity contribution >= 4 is 37.5 Å². The van der Waals surface area contributed by atoms with E-state index >= 15 is 0 Å². The van der Waals surface area contributed by atoms with Crippen molar-refractivity contribution in [3.8, 4) is 11.1 Å². The van der Waals surface area contributed by atoms with Gasteiger partial charge in [0.25, 0.3) is 15.6 Å². The molecule has 0 radical (unpaired) electrons. The summed E-state index contributed by atoms with van der Waals surface area (Å²) in [6.07, 6.45) is 5.06. The fourth-order valence-corrected chi connectivity index (χ4v) is 6.96. The van der Waals surface area contributed by atoms with Crippen molar-refractivity contribution in [3.05, 3.63) is 125 Å². The average molecular weight is 591 g/mol. The minimum atomic E-state index is -3.95. The van der Waals surface area contributed by atoms with Crippen molar-refractivity contribution in [2.75, 3.05) is 31.2 Å². The number of benzene rings is 3. The van der Waals surface area contributed by atoms with Gasteiger partial charge in [0.15, 0.2) is 5.65 Å². The number of ether oxygens (including phenoxy) is 1. The van der Waals surface area contributed by atoms with E-state index in [1.165, 1.54) is 3.97 Å². The summed E-state index contributed by atoms with van der Waals surface area (Å²) in [6.45, 7) is 5.00. The van der Waals surface area contributed by atoms with Crippen molar-refractivity contribution in [3.63, 3.8) is 0 Å². The molecule has 4 heterocycles. The molecule has 3 aromatic carbocycles. The predicted octanol–water partition coefficient (Wildman–Crippen LogP) is 5.45. The van der Waals surface area contributed by atoms with Gasteiger partial charge in [0.05, 0.1) is 36.5 Å². The lowest BCUT2D eigenvalue weighted by atomic mass is 10.1. The molecule has 3 aromatic heterocycles. The molecule has 216 valence electrons. The van der Waals surface area contributed by atoms with E-state index in [1.54, 1.807) is 53.5 Å². The van der Waals surface area contributed by atoms with Crippen molar-refractivity contribution in [1.82, 2.24) is 13.5 Å². The zero-order valence-electron chi connectivity index (χ0n) is 23.7. The molecule has 0 unspecified atom stereocenters. The van der Waals surface area contributed by atoms with Crippen LogP contribution in [0.4, 0.5) is 5.69 Å². The predicted molar refractivity (Wildman–Crippen MR) is 169 cm³/mol. The Morgan fingerprint density at radius 3 is 2.42 bits per heavy atom. The zero-order valence-corrected chi connectivity index (χ0v) is 24.5. The van der Waals surface area contributed by atoms with E-state index in [-0.39, 0.29) is 10.5 Å². The van der Waals surface area contributed by atoms with Gasteiger partial charge in [-0.15, -0.1) is 0 Å². The number of aryl methyl sites for hydroxylation is 1. The maximum Gasteiger partial charge on any atom is 0.269 e. The van der Waals surface area contributed by atoms with Gasteiger partial charge in [0.1, 0.15) is 0 Å². The Balaban J connectivity index is 1.32. The van der Waals surface area contributed by atoms with Crippen LogP contribution in [0.5, 0.6) is 0 Å². The molecule has 0 N–H and O–H groups in total. The van der Waals surface area contributed by atoms with Crippen LogP contribution in [0.25, 0.3) is 32.9 Å². The molecule has 0 spiro atoms. The number of rotatable bonds is 6. The molecule has 6 aromatic rings. The third-order valence-corrected chi connectivity index (χ3v) is 9.69. The Hall–Kier alpha value is -4.73. The first kappa shape index (κ1) is 27.1. The Morgan fingerprint density at radius 1 is 0.884 bits per heavy atom. The molecule has 0 bridgehead atoms. The number of fused-ring (bicyclic) bond motifs is 2. The summed E-state index contributed by atoms with van der Waals surface area (Å²) in [4.78, 5) is 20.4. The van der Waals surface area contributed by atoms with E-state index in [9.17, 15) is 13.2 Å². The van der Waals surface area contributed by atoms with Crippen molar-refractivity contribution in [1.29, 1.82) is 0 Å². The number of hydrogen-bond acceptors (Lipinski definition) is 6.